The first-order valence-corrected chi connectivity index (χ1v) is 4.87. The van der Waals surface area contributed by atoms with E-state index >= 15 is 0 Å². The third kappa shape index (κ3) is 2.07. The Bertz CT molecular complexity index is 473. The highest BCUT2D eigenvalue weighted by molar-refractivity contribution is 5.92. The van der Waals surface area contributed by atoms with Gasteiger partial charge in [0, 0.05) is 5.56 Å². The Morgan fingerprint density at radius 2 is 1.71 bits per heavy atom. The number of esters is 1. The van der Waals surface area contributed by atoms with Crippen molar-refractivity contribution >= 4 is 11.7 Å². The molecule has 6 heteroatoms. The highest BCUT2D eigenvalue weighted by Gasteiger charge is 2.29. The fourth-order valence-corrected chi connectivity index (χ4v) is 1.54. The smallest absolute Gasteiger partial charge is 0.341 e. The molecule has 0 aliphatic rings. The minimum absolute atomic E-state index is 0.284. The van der Waals surface area contributed by atoms with Crippen LogP contribution in [0.25, 0.3) is 0 Å². The second-order valence-corrected chi connectivity index (χ2v) is 3.79. The summed E-state index contributed by atoms with van der Waals surface area (Å²) in [6, 6.07) is 0. The quantitative estimate of drug-likeness (QED) is 0.496. The number of methoxy groups -OCH3 is 1. The number of rotatable bonds is 2. The van der Waals surface area contributed by atoms with E-state index in [2.05, 4.69) is 4.74 Å². The summed E-state index contributed by atoms with van der Waals surface area (Å²) in [5.74, 6) is -5.86. The van der Waals surface area contributed by atoms with Crippen molar-refractivity contribution in [3.63, 3.8) is 0 Å². The molecular formula is C11H12F3NO2. The lowest BCUT2D eigenvalue weighted by Crippen LogP contribution is -2.16. The number of hydrogen-bond donors (Lipinski definition) is 1. The summed E-state index contributed by atoms with van der Waals surface area (Å²) in [4.78, 5) is 11.3. The second kappa shape index (κ2) is 4.65. The molecule has 0 saturated carbocycles. The van der Waals surface area contributed by atoms with E-state index in [0.717, 1.165) is 7.11 Å². The molecule has 94 valence electrons. The molecule has 3 nitrogen and oxygen atoms in total. The first-order chi connectivity index (χ1) is 7.82. The van der Waals surface area contributed by atoms with Gasteiger partial charge in [0.15, 0.2) is 17.5 Å². The number of ether oxygens (including phenoxy) is 1. The molecule has 1 rings (SSSR count). The Kier molecular flexibility index (Phi) is 3.65. The summed E-state index contributed by atoms with van der Waals surface area (Å²) in [6.07, 6.45) is 0. The molecule has 0 aliphatic carbocycles. The molecule has 0 amide bonds. The number of nitrogens with two attached hydrogens (primary N) is 1. The molecule has 1 aromatic carbocycles. The van der Waals surface area contributed by atoms with E-state index in [0.29, 0.717) is 0 Å². The minimum atomic E-state index is -1.58. The van der Waals surface area contributed by atoms with Crippen LogP contribution in [0.3, 0.4) is 0 Å². The summed E-state index contributed by atoms with van der Waals surface area (Å²) in [7, 11) is 0.998. The molecule has 0 unspecified atom stereocenters. The lowest BCUT2D eigenvalue weighted by atomic mass is 9.95. The van der Waals surface area contributed by atoms with E-state index in [1.165, 1.54) is 13.8 Å². The maximum Gasteiger partial charge on any atom is 0.341 e. The van der Waals surface area contributed by atoms with Crippen LogP contribution >= 0.6 is 0 Å². The Morgan fingerprint density at radius 1 is 1.18 bits per heavy atom. The predicted octanol–water partition coefficient (Wildman–Crippen LogP) is 2.60. The van der Waals surface area contributed by atoms with Gasteiger partial charge in [0.2, 0.25) is 0 Å². The van der Waals surface area contributed by atoms with Crippen molar-refractivity contribution in [1.82, 2.24) is 0 Å². The molecule has 0 atom stereocenters. The highest BCUT2D eigenvalue weighted by Crippen LogP contribution is 2.32. The maximum atomic E-state index is 13.7. The third-order valence-electron chi connectivity index (χ3n) is 2.36. The molecule has 0 radical (unpaired) electrons. The first-order valence-electron chi connectivity index (χ1n) is 4.87. The van der Waals surface area contributed by atoms with E-state index in [9.17, 15) is 18.0 Å². The number of carbonyl (C=O) groups excluding carboxylic acids is 1. The van der Waals surface area contributed by atoms with Gasteiger partial charge in [-0.1, -0.05) is 13.8 Å². The minimum Gasteiger partial charge on any atom is -0.465 e. The lowest BCUT2D eigenvalue weighted by Gasteiger charge is -2.15. The normalized spacial score (nSPS) is 10.8. The molecule has 1 aromatic rings. The van der Waals surface area contributed by atoms with Gasteiger partial charge < -0.3 is 10.5 Å². The fraction of sp³-hybridized carbons (Fsp3) is 0.364. The number of benzene rings is 1. The fourth-order valence-electron chi connectivity index (χ4n) is 1.54. The molecule has 17 heavy (non-hydrogen) atoms. The molecule has 0 bridgehead atoms. The van der Waals surface area contributed by atoms with E-state index in [4.69, 9.17) is 5.73 Å². The molecule has 0 aromatic heterocycles. The van der Waals surface area contributed by atoms with Gasteiger partial charge in [-0.05, 0) is 5.92 Å². The van der Waals surface area contributed by atoms with E-state index in [1.54, 1.807) is 0 Å². The second-order valence-electron chi connectivity index (χ2n) is 3.79. The largest absolute Gasteiger partial charge is 0.465 e. The van der Waals surface area contributed by atoms with Crippen molar-refractivity contribution in [3.05, 3.63) is 28.6 Å². The third-order valence-corrected chi connectivity index (χ3v) is 2.36. The van der Waals surface area contributed by atoms with Crippen molar-refractivity contribution in [2.24, 2.45) is 0 Å². The number of halogens is 3. The summed E-state index contributed by atoms with van der Waals surface area (Å²) in [5.41, 5.74) is 3.13. The Hall–Kier alpha value is -1.72. The van der Waals surface area contributed by atoms with Crippen molar-refractivity contribution < 1.29 is 22.7 Å². The average molecular weight is 247 g/mol. The number of carbonyl (C=O) groups is 1. The standard InChI is InChI=1S/C11H12F3NO2/c1-4(2)5-6(11(16)17-3)7(12)9(14)10(15)8(5)13/h4H,15H2,1-3H3. The van der Waals surface area contributed by atoms with Gasteiger partial charge in [0.25, 0.3) is 0 Å². The Balaban J connectivity index is 3.72. The number of anilines is 1. The van der Waals surface area contributed by atoms with Crippen LogP contribution in [0, 0.1) is 17.5 Å². The van der Waals surface area contributed by atoms with Gasteiger partial charge in [-0.3, -0.25) is 0 Å². The van der Waals surface area contributed by atoms with E-state index in [1.807, 2.05) is 0 Å². The van der Waals surface area contributed by atoms with Crippen LogP contribution < -0.4 is 5.73 Å². The van der Waals surface area contributed by atoms with E-state index in [-0.39, 0.29) is 5.56 Å². The zero-order valence-corrected chi connectivity index (χ0v) is 9.61. The highest BCUT2D eigenvalue weighted by atomic mass is 19.2. The van der Waals surface area contributed by atoms with Gasteiger partial charge in [-0.15, -0.1) is 0 Å². The summed E-state index contributed by atoms with van der Waals surface area (Å²) >= 11 is 0. The van der Waals surface area contributed by atoms with Crippen LogP contribution in [0.15, 0.2) is 0 Å². The molecule has 0 heterocycles. The Morgan fingerprint density at radius 3 is 2.12 bits per heavy atom. The SMILES string of the molecule is COC(=O)c1c(F)c(F)c(N)c(F)c1C(C)C. The first kappa shape index (κ1) is 13.3. The van der Waals surface area contributed by atoms with Crippen LogP contribution in [0.5, 0.6) is 0 Å². The van der Waals surface area contributed by atoms with Crippen molar-refractivity contribution in [1.29, 1.82) is 0 Å². The summed E-state index contributed by atoms with van der Waals surface area (Å²) in [5, 5.41) is 0. The number of nitrogen functional groups attached to an aromatic ring is 1. The van der Waals surface area contributed by atoms with E-state index < -0.39 is 40.6 Å². The molecule has 2 N–H and O–H groups in total. The van der Waals surface area contributed by atoms with Gasteiger partial charge >= 0.3 is 5.97 Å². The lowest BCUT2D eigenvalue weighted by molar-refractivity contribution is 0.0591. The van der Waals surface area contributed by atoms with Crippen LogP contribution in [-0.2, 0) is 4.74 Å². The van der Waals surface area contributed by atoms with Gasteiger partial charge in [0.1, 0.15) is 11.3 Å². The van der Waals surface area contributed by atoms with Crippen molar-refractivity contribution in [3.8, 4) is 0 Å². The summed E-state index contributed by atoms with van der Waals surface area (Å²) in [6.45, 7) is 3.06. The monoisotopic (exact) mass is 247 g/mol. The average Bonchev–Trinajstić information content (AvgIpc) is 2.29. The van der Waals surface area contributed by atoms with Gasteiger partial charge in [-0.2, -0.15) is 0 Å². The van der Waals surface area contributed by atoms with Crippen LogP contribution in [0.2, 0.25) is 0 Å². The molecule has 0 saturated heterocycles. The van der Waals surface area contributed by atoms with Crippen LogP contribution in [0.4, 0.5) is 18.9 Å². The summed E-state index contributed by atoms with van der Waals surface area (Å²) < 4.78 is 44.8. The number of hydrogen-bond acceptors (Lipinski definition) is 3. The predicted molar refractivity (Wildman–Crippen MR) is 56.2 cm³/mol. The van der Waals surface area contributed by atoms with Gasteiger partial charge in [0.05, 0.1) is 7.11 Å². The Labute approximate surface area is 96.4 Å². The van der Waals surface area contributed by atoms with Crippen molar-refractivity contribution in [2.45, 2.75) is 19.8 Å². The zero-order valence-electron chi connectivity index (χ0n) is 9.61. The molecular weight excluding hydrogens is 235 g/mol. The van der Waals surface area contributed by atoms with Crippen molar-refractivity contribution in [2.75, 3.05) is 12.8 Å². The van der Waals surface area contributed by atoms with Gasteiger partial charge in [-0.25, -0.2) is 18.0 Å². The molecule has 0 fully saturated rings. The zero-order chi connectivity index (χ0) is 13.3. The topological polar surface area (TPSA) is 52.3 Å². The van der Waals surface area contributed by atoms with Crippen LogP contribution in [-0.4, -0.2) is 13.1 Å². The molecule has 0 spiro atoms. The molecule has 0 aliphatic heterocycles. The maximum absolute atomic E-state index is 13.7. The van der Waals surface area contributed by atoms with Crippen LogP contribution in [0.1, 0.15) is 35.7 Å².